The lowest BCUT2D eigenvalue weighted by molar-refractivity contribution is -0.384. The van der Waals surface area contributed by atoms with Crippen LogP contribution in [-0.4, -0.2) is 35.5 Å². The molecule has 0 N–H and O–H groups in total. The standard InChI is InChI=1S/C18H17N3O7/c1-25-15-7-6-12(10-16(15)26-2)17-19-28-18(22)20(17)8-9-27-14-5-3-4-13(11-14)21(23)24/h3-7,10-11H,8-9H2,1-2H3. The van der Waals surface area contributed by atoms with E-state index < -0.39 is 10.7 Å². The van der Waals surface area contributed by atoms with Gasteiger partial charge in [0.2, 0.25) is 0 Å². The van der Waals surface area contributed by atoms with E-state index >= 15 is 0 Å². The minimum absolute atomic E-state index is 0.0781. The second-order valence-electron chi connectivity index (χ2n) is 5.60. The summed E-state index contributed by atoms with van der Waals surface area (Å²) in [4.78, 5) is 22.3. The molecule has 0 atom stereocenters. The minimum atomic E-state index is -0.646. The number of non-ortho nitro benzene ring substituents is 1. The Hall–Kier alpha value is -3.82. The van der Waals surface area contributed by atoms with Crippen molar-refractivity contribution in [3.05, 3.63) is 63.1 Å². The Morgan fingerprint density at radius 2 is 1.93 bits per heavy atom. The van der Waals surface area contributed by atoms with Crippen LogP contribution in [0.2, 0.25) is 0 Å². The van der Waals surface area contributed by atoms with Crippen LogP contribution in [-0.2, 0) is 6.54 Å². The van der Waals surface area contributed by atoms with Gasteiger partial charge in [0.15, 0.2) is 17.3 Å². The maximum absolute atomic E-state index is 12.0. The summed E-state index contributed by atoms with van der Waals surface area (Å²) in [5, 5.41) is 14.6. The fourth-order valence-corrected chi connectivity index (χ4v) is 2.59. The van der Waals surface area contributed by atoms with Gasteiger partial charge in [-0.2, -0.15) is 0 Å². The Bertz CT molecular complexity index is 1040. The van der Waals surface area contributed by atoms with Gasteiger partial charge in [-0.05, 0) is 24.3 Å². The van der Waals surface area contributed by atoms with Crippen molar-refractivity contribution in [3.8, 4) is 28.6 Å². The summed E-state index contributed by atoms with van der Waals surface area (Å²) in [5.41, 5.74) is 0.518. The molecule has 0 fully saturated rings. The van der Waals surface area contributed by atoms with Crippen LogP contribution in [0.25, 0.3) is 11.4 Å². The monoisotopic (exact) mass is 387 g/mol. The van der Waals surface area contributed by atoms with Crippen molar-refractivity contribution in [1.29, 1.82) is 0 Å². The van der Waals surface area contributed by atoms with Crippen molar-refractivity contribution < 1.29 is 23.7 Å². The van der Waals surface area contributed by atoms with E-state index in [1.54, 1.807) is 24.3 Å². The Balaban J connectivity index is 1.78. The van der Waals surface area contributed by atoms with Gasteiger partial charge in [0.05, 0.1) is 31.8 Å². The highest BCUT2D eigenvalue weighted by Crippen LogP contribution is 2.31. The van der Waals surface area contributed by atoms with E-state index in [1.807, 2.05) is 0 Å². The Labute approximate surface area is 159 Å². The third kappa shape index (κ3) is 3.95. The number of nitrogens with zero attached hydrogens (tertiary/aromatic N) is 3. The fourth-order valence-electron chi connectivity index (χ4n) is 2.59. The molecule has 0 amide bonds. The minimum Gasteiger partial charge on any atom is -0.493 e. The number of methoxy groups -OCH3 is 2. The first-order valence-electron chi connectivity index (χ1n) is 8.19. The van der Waals surface area contributed by atoms with E-state index in [0.717, 1.165) is 0 Å². The van der Waals surface area contributed by atoms with E-state index in [2.05, 4.69) is 5.16 Å². The van der Waals surface area contributed by atoms with Gasteiger partial charge in [0.25, 0.3) is 5.69 Å². The Morgan fingerprint density at radius 1 is 1.14 bits per heavy atom. The molecule has 10 nitrogen and oxygen atoms in total. The highest BCUT2D eigenvalue weighted by atomic mass is 16.6. The zero-order chi connectivity index (χ0) is 20.1. The second-order valence-corrected chi connectivity index (χ2v) is 5.60. The number of hydrogen-bond donors (Lipinski definition) is 0. The number of nitro benzene ring substituents is 1. The molecule has 0 aliphatic carbocycles. The van der Waals surface area contributed by atoms with Crippen LogP contribution in [0, 0.1) is 10.1 Å². The van der Waals surface area contributed by atoms with Crippen molar-refractivity contribution >= 4 is 5.69 Å². The van der Waals surface area contributed by atoms with Crippen molar-refractivity contribution in [2.24, 2.45) is 0 Å². The molecule has 0 aliphatic heterocycles. The highest BCUT2D eigenvalue weighted by Gasteiger charge is 2.15. The van der Waals surface area contributed by atoms with Crippen LogP contribution in [0.1, 0.15) is 0 Å². The molecule has 3 aromatic rings. The van der Waals surface area contributed by atoms with Crippen molar-refractivity contribution in [1.82, 2.24) is 9.72 Å². The summed E-state index contributed by atoms with van der Waals surface area (Å²) in [6.45, 7) is 0.220. The molecular weight excluding hydrogens is 370 g/mol. The van der Waals surface area contributed by atoms with Gasteiger partial charge >= 0.3 is 5.76 Å². The zero-order valence-corrected chi connectivity index (χ0v) is 15.2. The largest absolute Gasteiger partial charge is 0.493 e. The van der Waals surface area contributed by atoms with Gasteiger partial charge in [0.1, 0.15) is 12.4 Å². The van der Waals surface area contributed by atoms with E-state index in [0.29, 0.717) is 28.6 Å². The van der Waals surface area contributed by atoms with Crippen molar-refractivity contribution in [3.63, 3.8) is 0 Å². The van der Waals surface area contributed by atoms with E-state index in [-0.39, 0.29) is 18.8 Å². The lowest BCUT2D eigenvalue weighted by atomic mass is 10.2. The second kappa shape index (κ2) is 8.25. The normalized spacial score (nSPS) is 10.5. The number of nitro groups is 1. The van der Waals surface area contributed by atoms with Crippen LogP contribution in [0.5, 0.6) is 17.2 Å². The molecule has 28 heavy (non-hydrogen) atoms. The molecule has 0 saturated carbocycles. The van der Waals surface area contributed by atoms with E-state index in [4.69, 9.17) is 18.7 Å². The average molecular weight is 387 g/mol. The molecule has 0 aliphatic rings. The Kier molecular flexibility index (Phi) is 5.58. The third-order valence-corrected chi connectivity index (χ3v) is 3.94. The molecule has 0 unspecified atom stereocenters. The Morgan fingerprint density at radius 3 is 2.64 bits per heavy atom. The highest BCUT2D eigenvalue weighted by molar-refractivity contribution is 5.61. The molecule has 146 valence electrons. The quantitative estimate of drug-likeness (QED) is 0.427. The van der Waals surface area contributed by atoms with Gasteiger partial charge in [0, 0.05) is 11.6 Å². The smallest absolute Gasteiger partial charge is 0.441 e. The summed E-state index contributed by atoms with van der Waals surface area (Å²) in [7, 11) is 3.03. The van der Waals surface area contributed by atoms with Gasteiger partial charge in [-0.15, -0.1) is 0 Å². The van der Waals surface area contributed by atoms with Gasteiger partial charge < -0.3 is 14.2 Å². The molecule has 1 heterocycles. The van der Waals surface area contributed by atoms with Gasteiger partial charge in [-0.25, -0.2) is 4.79 Å². The van der Waals surface area contributed by atoms with Crippen LogP contribution < -0.4 is 20.0 Å². The summed E-state index contributed by atoms with van der Waals surface area (Å²) in [5.74, 6) is 1.000. The van der Waals surface area contributed by atoms with E-state index in [9.17, 15) is 14.9 Å². The first-order valence-corrected chi connectivity index (χ1v) is 8.19. The fraction of sp³-hybridized carbons (Fsp3) is 0.222. The first-order chi connectivity index (χ1) is 13.5. The predicted octanol–water partition coefficient (Wildman–Crippen LogP) is 2.51. The molecule has 0 spiro atoms. The molecule has 0 radical (unpaired) electrons. The summed E-state index contributed by atoms with van der Waals surface area (Å²) in [6.07, 6.45) is 0. The van der Waals surface area contributed by atoms with Gasteiger partial charge in [-0.1, -0.05) is 11.2 Å². The topological polar surface area (TPSA) is 119 Å². The lowest BCUT2D eigenvalue weighted by Crippen LogP contribution is -2.19. The molecule has 0 bridgehead atoms. The van der Waals surface area contributed by atoms with Crippen molar-refractivity contribution in [2.45, 2.75) is 6.54 Å². The molecule has 3 rings (SSSR count). The SMILES string of the molecule is COc1ccc(-c2noc(=O)n2CCOc2cccc([N+](=O)[O-])c2)cc1OC. The molecule has 10 heteroatoms. The molecular formula is C18H17N3O7. The average Bonchev–Trinajstić information content (AvgIpc) is 3.08. The lowest BCUT2D eigenvalue weighted by Gasteiger charge is -2.10. The number of aromatic nitrogens is 2. The van der Waals surface area contributed by atoms with Crippen LogP contribution >= 0.6 is 0 Å². The number of ether oxygens (including phenoxy) is 3. The van der Waals surface area contributed by atoms with Crippen LogP contribution in [0.3, 0.4) is 0 Å². The van der Waals surface area contributed by atoms with Crippen molar-refractivity contribution in [2.75, 3.05) is 20.8 Å². The predicted molar refractivity (Wildman–Crippen MR) is 97.9 cm³/mol. The third-order valence-electron chi connectivity index (χ3n) is 3.94. The van der Waals surface area contributed by atoms with E-state index in [1.165, 1.54) is 37.0 Å². The summed E-state index contributed by atoms with van der Waals surface area (Å²) >= 11 is 0. The van der Waals surface area contributed by atoms with Crippen LogP contribution in [0.15, 0.2) is 51.8 Å². The maximum Gasteiger partial charge on any atom is 0.441 e. The number of hydrogen-bond acceptors (Lipinski definition) is 8. The molecule has 2 aromatic carbocycles. The number of rotatable bonds is 8. The molecule has 1 aromatic heterocycles. The van der Waals surface area contributed by atoms with Crippen LogP contribution in [0.4, 0.5) is 5.69 Å². The van der Waals surface area contributed by atoms with Gasteiger partial charge in [-0.3, -0.25) is 19.2 Å². The molecule has 0 saturated heterocycles. The zero-order valence-electron chi connectivity index (χ0n) is 15.2. The number of benzene rings is 2. The maximum atomic E-state index is 12.0. The summed E-state index contributed by atoms with van der Waals surface area (Å²) in [6, 6.07) is 10.9. The first kappa shape index (κ1) is 19.0. The summed E-state index contributed by atoms with van der Waals surface area (Å²) < 4.78 is 22.1.